The average molecular weight is 250 g/mol. The van der Waals surface area contributed by atoms with Gasteiger partial charge in [0.2, 0.25) is 0 Å². The van der Waals surface area contributed by atoms with Gasteiger partial charge in [-0.3, -0.25) is 0 Å². The average Bonchev–Trinajstić information content (AvgIpc) is 2.76. The molecule has 1 saturated heterocycles. The van der Waals surface area contributed by atoms with E-state index in [9.17, 15) is 5.11 Å². The van der Waals surface area contributed by atoms with Crippen LogP contribution in [-0.4, -0.2) is 29.8 Å². The molecule has 1 heterocycles. The predicted molar refractivity (Wildman–Crippen MR) is 74.5 cm³/mol. The molecule has 0 radical (unpaired) electrons. The number of thiocarbonyl (C=S) groups is 1. The van der Waals surface area contributed by atoms with Gasteiger partial charge >= 0.3 is 0 Å². The lowest BCUT2D eigenvalue weighted by Gasteiger charge is -2.22. The minimum atomic E-state index is 0.255. The van der Waals surface area contributed by atoms with E-state index in [2.05, 4.69) is 17.9 Å². The third kappa shape index (κ3) is 2.58. The predicted octanol–water partition coefficient (Wildman–Crippen LogP) is 1.45. The lowest BCUT2D eigenvalue weighted by Crippen LogP contribution is -2.24. The summed E-state index contributed by atoms with van der Waals surface area (Å²) in [5.74, 6) is 0.370. The van der Waals surface area contributed by atoms with Crippen LogP contribution in [0.3, 0.4) is 0 Å². The number of benzene rings is 1. The summed E-state index contributed by atoms with van der Waals surface area (Å²) in [6, 6.07) is 6.13. The number of hydrogen-bond donors (Lipinski definition) is 2. The summed E-state index contributed by atoms with van der Waals surface area (Å²) in [6.07, 6.45) is 1.03. The zero-order chi connectivity index (χ0) is 12.4. The number of anilines is 1. The van der Waals surface area contributed by atoms with Crippen molar-refractivity contribution in [3.05, 3.63) is 29.3 Å². The van der Waals surface area contributed by atoms with Crippen LogP contribution in [0.2, 0.25) is 0 Å². The molecule has 3 N–H and O–H groups in total. The highest BCUT2D eigenvalue weighted by Crippen LogP contribution is 2.28. The third-order valence-electron chi connectivity index (χ3n) is 3.30. The Bertz CT molecular complexity index is 433. The molecule has 2 rings (SSSR count). The van der Waals surface area contributed by atoms with Gasteiger partial charge in [-0.15, -0.1) is 0 Å². The van der Waals surface area contributed by atoms with E-state index in [0.717, 1.165) is 30.8 Å². The summed E-state index contributed by atoms with van der Waals surface area (Å²) in [6.45, 7) is 4.16. The first kappa shape index (κ1) is 12.3. The molecular weight excluding hydrogens is 232 g/mol. The van der Waals surface area contributed by atoms with E-state index in [-0.39, 0.29) is 6.61 Å². The lowest BCUT2D eigenvalue weighted by molar-refractivity contribution is 0.238. The number of nitrogens with zero attached hydrogens (tertiary/aromatic N) is 1. The first-order chi connectivity index (χ1) is 8.11. The van der Waals surface area contributed by atoms with Gasteiger partial charge in [0.1, 0.15) is 4.99 Å². The van der Waals surface area contributed by atoms with Crippen LogP contribution < -0.4 is 10.6 Å². The minimum absolute atomic E-state index is 0.255. The van der Waals surface area contributed by atoms with Gasteiger partial charge in [0.25, 0.3) is 0 Å². The molecule has 1 atom stereocenters. The van der Waals surface area contributed by atoms with Gasteiger partial charge in [-0.25, -0.2) is 0 Å². The SMILES string of the molecule is Cc1ccc(C(N)=S)c(N2CCC(CO)C2)c1. The highest BCUT2D eigenvalue weighted by atomic mass is 32.1. The van der Waals surface area contributed by atoms with Crippen molar-refractivity contribution < 1.29 is 5.11 Å². The third-order valence-corrected chi connectivity index (χ3v) is 3.52. The number of rotatable bonds is 3. The van der Waals surface area contributed by atoms with Gasteiger partial charge in [0, 0.05) is 36.9 Å². The Morgan fingerprint density at radius 3 is 2.94 bits per heavy atom. The lowest BCUT2D eigenvalue weighted by atomic mass is 10.1. The van der Waals surface area contributed by atoms with Gasteiger partial charge in [-0.1, -0.05) is 18.3 Å². The Kier molecular flexibility index (Phi) is 3.64. The topological polar surface area (TPSA) is 49.5 Å². The van der Waals surface area contributed by atoms with Crippen LogP contribution in [-0.2, 0) is 0 Å². The Morgan fingerprint density at radius 2 is 2.35 bits per heavy atom. The first-order valence-electron chi connectivity index (χ1n) is 5.88. The van der Waals surface area contributed by atoms with Gasteiger partial charge in [0.15, 0.2) is 0 Å². The molecule has 3 nitrogen and oxygen atoms in total. The van der Waals surface area contributed by atoms with Crippen LogP contribution >= 0.6 is 12.2 Å². The molecule has 1 unspecified atom stereocenters. The van der Waals surface area contributed by atoms with Gasteiger partial charge in [0.05, 0.1) is 0 Å². The zero-order valence-electron chi connectivity index (χ0n) is 10.0. The van der Waals surface area contributed by atoms with Crippen molar-refractivity contribution in [3.63, 3.8) is 0 Å². The molecule has 0 bridgehead atoms. The summed E-state index contributed by atoms with van der Waals surface area (Å²) < 4.78 is 0. The fraction of sp³-hybridized carbons (Fsp3) is 0.462. The maximum absolute atomic E-state index is 9.19. The van der Waals surface area contributed by atoms with Gasteiger partial charge in [-0.05, 0) is 31.0 Å². The molecule has 17 heavy (non-hydrogen) atoms. The smallest absolute Gasteiger partial charge is 0.106 e. The monoisotopic (exact) mass is 250 g/mol. The zero-order valence-corrected chi connectivity index (χ0v) is 10.8. The highest BCUT2D eigenvalue weighted by molar-refractivity contribution is 7.80. The second-order valence-corrected chi connectivity index (χ2v) is 5.11. The van der Waals surface area contributed by atoms with Crippen molar-refractivity contribution in [1.29, 1.82) is 0 Å². The Balaban J connectivity index is 2.31. The maximum Gasteiger partial charge on any atom is 0.106 e. The van der Waals surface area contributed by atoms with Crippen molar-refractivity contribution in [1.82, 2.24) is 0 Å². The number of nitrogens with two attached hydrogens (primary N) is 1. The van der Waals surface area contributed by atoms with E-state index in [1.165, 1.54) is 5.56 Å². The molecule has 0 amide bonds. The normalized spacial score (nSPS) is 19.6. The molecule has 0 saturated carbocycles. The van der Waals surface area contributed by atoms with E-state index in [0.29, 0.717) is 10.9 Å². The molecule has 0 aliphatic carbocycles. The highest BCUT2D eigenvalue weighted by Gasteiger charge is 2.24. The van der Waals surface area contributed by atoms with Crippen LogP contribution in [0, 0.1) is 12.8 Å². The van der Waals surface area contributed by atoms with E-state index < -0.39 is 0 Å². The standard InChI is InChI=1S/C13H18N2OS/c1-9-2-3-11(13(14)17)12(6-9)15-5-4-10(7-15)8-16/h2-3,6,10,16H,4-5,7-8H2,1H3,(H2,14,17). The van der Waals surface area contributed by atoms with E-state index in [1.54, 1.807) is 0 Å². The molecular formula is C13H18N2OS. The Labute approximate surface area is 107 Å². The molecule has 4 heteroatoms. The van der Waals surface area contributed by atoms with Crippen LogP contribution in [0.25, 0.3) is 0 Å². The fourth-order valence-corrected chi connectivity index (χ4v) is 2.48. The van der Waals surface area contributed by atoms with E-state index >= 15 is 0 Å². The summed E-state index contributed by atoms with van der Waals surface area (Å²) in [7, 11) is 0. The van der Waals surface area contributed by atoms with Crippen molar-refractivity contribution in [2.75, 3.05) is 24.6 Å². The molecule has 1 aromatic carbocycles. The van der Waals surface area contributed by atoms with Crippen LogP contribution in [0.5, 0.6) is 0 Å². The Morgan fingerprint density at radius 1 is 1.59 bits per heavy atom. The van der Waals surface area contributed by atoms with Crippen LogP contribution in [0.15, 0.2) is 18.2 Å². The van der Waals surface area contributed by atoms with Crippen LogP contribution in [0.1, 0.15) is 17.5 Å². The summed E-state index contributed by atoms with van der Waals surface area (Å²) >= 11 is 5.09. The quantitative estimate of drug-likeness (QED) is 0.797. The second kappa shape index (κ2) is 5.02. The van der Waals surface area contributed by atoms with Crippen molar-refractivity contribution >= 4 is 22.9 Å². The second-order valence-electron chi connectivity index (χ2n) is 4.67. The summed E-state index contributed by atoms with van der Waals surface area (Å²) in [5, 5.41) is 9.19. The molecule has 1 aromatic rings. The van der Waals surface area contributed by atoms with Crippen molar-refractivity contribution in [2.24, 2.45) is 11.7 Å². The largest absolute Gasteiger partial charge is 0.396 e. The van der Waals surface area contributed by atoms with Gasteiger partial charge < -0.3 is 15.7 Å². The van der Waals surface area contributed by atoms with Crippen LogP contribution in [0.4, 0.5) is 5.69 Å². The number of aliphatic hydroxyl groups is 1. The first-order valence-corrected chi connectivity index (χ1v) is 6.29. The molecule has 1 aliphatic rings. The fourth-order valence-electron chi connectivity index (χ4n) is 2.31. The molecule has 0 aromatic heterocycles. The molecule has 1 aliphatic heterocycles. The van der Waals surface area contributed by atoms with E-state index in [4.69, 9.17) is 18.0 Å². The summed E-state index contributed by atoms with van der Waals surface area (Å²) in [4.78, 5) is 2.70. The number of hydrogen-bond acceptors (Lipinski definition) is 3. The molecule has 0 spiro atoms. The number of aryl methyl sites for hydroxylation is 1. The number of aliphatic hydroxyl groups excluding tert-OH is 1. The van der Waals surface area contributed by atoms with Gasteiger partial charge in [-0.2, -0.15) is 0 Å². The maximum atomic E-state index is 9.19. The molecule has 92 valence electrons. The van der Waals surface area contributed by atoms with E-state index in [1.807, 2.05) is 12.1 Å². The molecule has 1 fully saturated rings. The minimum Gasteiger partial charge on any atom is -0.396 e. The Hall–Kier alpha value is -1.13. The van der Waals surface area contributed by atoms with Crippen molar-refractivity contribution in [3.8, 4) is 0 Å². The van der Waals surface area contributed by atoms with Crippen molar-refractivity contribution in [2.45, 2.75) is 13.3 Å². The summed E-state index contributed by atoms with van der Waals surface area (Å²) in [5.41, 5.74) is 9.00.